The fraction of sp³-hybridized carbons (Fsp3) is 0.556. The van der Waals surface area contributed by atoms with Crippen LogP contribution in [-0.2, 0) is 20.9 Å². The van der Waals surface area contributed by atoms with Crippen molar-refractivity contribution in [1.29, 1.82) is 0 Å². The molecule has 0 aliphatic carbocycles. The minimum atomic E-state index is -0.670. The van der Waals surface area contributed by atoms with Gasteiger partial charge in [-0.15, -0.1) is 0 Å². The predicted molar refractivity (Wildman–Crippen MR) is 93.5 cm³/mol. The summed E-state index contributed by atoms with van der Waals surface area (Å²) in [6.07, 6.45) is 1.65. The van der Waals surface area contributed by atoms with E-state index in [2.05, 4.69) is 0 Å². The van der Waals surface area contributed by atoms with E-state index in [0.717, 1.165) is 12.8 Å². The smallest absolute Gasteiger partial charge is 0.411 e. The van der Waals surface area contributed by atoms with E-state index in [-0.39, 0.29) is 12.3 Å². The number of benzene rings is 1. The van der Waals surface area contributed by atoms with E-state index in [0.29, 0.717) is 18.5 Å². The molecule has 1 heterocycles. The minimum absolute atomic E-state index is 0.00448. The lowest BCUT2D eigenvalue weighted by Gasteiger charge is -2.35. The molecule has 1 fully saturated rings. The molecule has 8 heteroatoms. The predicted octanol–water partition coefficient (Wildman–Crippen LogP) is 3.43. The second-order valence-corrected chi connectivity index (χ2v) is 7.22. The lowest BCUT2D eigenvalue weighted by molar-refractivity contribution is -0.384. The molecule has 0 unspecified atom stereocenters. The summed E-state index contributed by atoms with van der Waals surface area (Å²) in [6.45, 7) is 5.77. The number of rotatable bonds is 4. The van der Waals surface area contributed by atoms with Gasteiger partial charge in [0.15, 0.2) is 0 Å². The van der Waals surface area contributed by atoms with Gasteiger partial charge in [-0.25, -0.2) is 9.59 Å². The maximum absolute atomic E-state index is 12.4. The van der Waals surface area contributed by atoms with Gasteiger partial charge in [0.25, 0.3) is 5.69 Å². The Bertz CT molecular complexity index is 665. The first-order valence-electron chi connectivity index (χ1n) is 8.57. The third-order valence-electron chi connectivity index (χ3n) is 3.93. The number of carbonyl (C=O) groups excluding carboxylic acids is 2. The van der Waals surface area contributed by atoms with Gasteiger partial charge < -0.3 is 9.47 Å². The van der Waals surface area contributed by atoms with E-state index >= 15 is 0 Å². The lowest BCUT2D eigenvalue weighted by Crippen LogP contribution is -2.50. The van der Waals surface area contributed by atoms with Gasteiger partial charge in [0.05, 0.1) is 4.92 Å². The first-order chi connectivity index (χ1) is 12.2. The summed E-state index contributed by atoms with van der Waals surface area (Å²) in [4.78, 5) is 36.4. The van der Waals surface area contributed by atoms with Crippen LogP contribution in [0.1, 0.15) is 45.6 Å². The molecule has 8 nitrogen and oxygen atoms in total. The number of piperidine rings is 1. The summed E-state index contributed by atoms with van der Waals surface area (Å²) in [6, 6.07) is 5.13. The zero-order chi connectivity index (χ0) is 19.3. The lowest BCUT2D eigenvalue weighted by atomic mass is 10.0. The van der Waals surface area contributed by atoms with Crippen molar-refractivity contribution in [3.8, 4) is 0 Å². The van der Waals surface area contributed by atoms with Crippen LogP contribution in [0.4, 0.5) is 10.5 Å². The van der Waals surface area contributed by atoms with Gasteiger partial charge in [-0.1, -0.05) is 0 Å². The highest BCUT2D eigenvalue weighted by Crippen LogP contribution is 2.22. The summed E-state index contributed by atoms with van der Waals surface area (Å²) < 4.78 is 10.7. The number of likely N-dealkylation sites (tertiary alicyclic amines) is 1. The number of amides is 1. The van der Waals surface area contributed by atoms with Crippen molar-refractivity contribution < 1.29 is 24.0 Å². The van der Waals surface area contributed by atoms with E-state index in [1.54, 1.807) is 20.8 Å². The Labute approximate surface area is 152 Å². The molecule has 0 radical (unpaired) electrons. The van der Waals surface area contributed by atoms with Gasteiger partial charge >= 0.3 is 12.1 Å². The summed E-state index contributed by atoms with van der Waals surface area (Å²) in [5, 5.41) is 10.7. The van der Waals surface area contributed by atoms with E-state index < -0.39 is 28.6 Å². The largest absolute Gasteiger partial charge is 0.459 e. The molecule has 26 heavy (non-hydrogen) atoms. The SMILES string of the molecule is CC(C)(C)OC(=O)N1CCCC[C@H]1C(=O)OCc1ccc([N+](=O)[O-])cc1. The highest BCUT2D eigenvalue weighted by molar-refractivity contribution is 5.81. The van der Waals surface area contributed by atoms with E-state index in [9.17, 15) is 19.7 Å². The molecule has 1 aliphatic rings. The number of esters is 1. The fourth-order valence-corrected chi connectivity index (χ4v) is 2.68. The average Bonchev–Trinajstić information content (AvgIpc) is 2.58. The Balaban J connectivity index is 1.97. The molecule has 1 aromatic rings. The zero-order valence-electron chi connectivity index (χ0n) is 15.3. The first kappa shape index (κ1) is 19.7. The number of hydrogen-bond acceptors (Lipinski definition) is 6. The molecule has 1 aromatic carbocycles. The third kappa shape index (κ3) is 5.44. The quantitative estimate of drug-likeness (QED) is 0.461. The summed E-state index contributed by atoms with van der Waals surface area (Å²) >= 11 is 0. The Hall–Kier alpha value is -2.64. The highest BCUT2D eigenvalue weighted by Gasteiger charge is 2.35. The van der Waals surface area contributed by atoms with Gasteiger partial charge in [0, 0.05) is 18.7 Å². The van der Waals surface area contributed by atoms with Crippen molar-refractivity contribution in [2.75, 3.05) is 6.54 Å². The molecule has 0 saturated carbocycles. The molecule has 0 aromatic heterocycles. The Kier molecular flexibility index (Phi) is 6.18. The molecule has 0 bridgehead atoms. The normalized spacial score (nSPS) is 17.5. The number of nitrogens with zero attached hydrogens (tertiary/aromatic N) is 2. The molecule has 1 atom stereocenters. The van der Waals surface area contributed by atoms with Crippen LogP contribution in [0.2, 0.25) is 0 Å². The molecule has 142 valence electrons. The standard InChI is InChI=1S/C18H24N2O6/c1-18(2,3)26-17(22)19-11-5-4-6-15(19)16(21)25-12-13-7-9-14(10-8-13)20(23)24/h7-10,15H,4-6,11-12H2,1-3H3/t15-/m0/s1. The van der Waals surface area contributed by atoms with Gasteiger partial charge in [0.2, 0.25) is 0 Å². The van der Waals surface area contributed by atoms with E-state index in [4.69, 9.17) is 9.47 Å². The summed E-state index contributed by atoms with van der Waals surface area (Å²) in [5.74, 6) is -0.492. The summed E-state index contributed by atoms with van der Waals surface area (Å²) in [5.41, 5.74) is -0.0195. The van der Waals surface area contributed by atoms with Crippen LogP contribution in [0.25, 0.3) is 0 Å². The molecule has 0 N–H and O–H groups in total. The molecule has 0 spiro atoms. The van der Waals surface area contributed by atoms with Gasteiger partial charge in [-0.3, -0.25) is 15.0 Å². The maximum atomic E-state index is 12.4. The number of carbonyl (C=O) groups is 2. The van der Waals surface area contributed by atoms with Crippen LogP contribution >= 0.6 is 0 Å². The number of nitro benzene ring substituents is 1. The molecular formula is C18H24N2O6. The summed E-state index contributed by atoms with van der Waals surface area (Å²) in [7, 11) is 0. The molecular weight excluding hydrogens is 340 g/mol. The highest BCUT2D eigenvalue weighted by atomic mass is 16.6. The van der Waals surface area contributed by atoms with Crippen molar-refractivity contribution in [2.45, 2.75) is 58.3 Å². The van der Waals surface area contributed by atoms with Gasteiger partial charge in [-0.05, 0) is 57.7 Å². The molecule has 2 rings (SSSR count). The van der Waals surface area contributed by atoms with Crippen molar-refractivity contribution in [2.24, 2.45) is 0 Å². The first-order valence-corrected chi connectivity index (χ1v) is 8.57. The van der Waals surface area contributed by atoms with Crippen LogP contribution in [0.15, 0.2) is 24.3 Å². The van der Waals surface area contributed by atoms with Crippen molar-refractivity contribution in [1.82, 2.24) is 4.90 Å². The second kappa shape index (κ2) is 8.16. The fourth-order valence-electron chi connectivity index (χ4n) is 2.68. The van der Waals surface area contributed by atoms with Crippen molar-refractivity contribution >= 4 is 17.7 Å². The topological polar surface area (TPSA) is 99.0 Å². The zero-order valence-corrected chi connectivity index (χ0v) is 15.3. The van der Waals surface area contributed by atoms with Crippen LogP contribution in [0.3, 0.4) is 0 Å². The van der Waals surface area contributed by atoms with E-state index in [1.165, 1.54) is 29.2 Å². The maximum Gasteiger partial charge on any atom is 0.411 e. The Morgan fingerprint density at radius 3 is 2.46 bits per heavy atom. The van der Waals surface area contributed by atoms with Crippen LogP contribution in [-0.4, -0.2) is 40.1 Å². The Morgan fingerprint density at radius 2 is 1.88 bits per heavy atom. The number of nitro groups is 1. The number of non-ortho nitro benzene ring substituents is 1. The average molecular weight is 364 g/mol. The molecule has 1 amide bonds. The molecule has 1 aliphatic heterocycles. The van der Waals surface area contributed by atoms with Crippen molar-refractivity contribution in [3.63, 3.8) is 0 Å². The number of ether oxygens (including phenoxy) is 2. The Morgan fingerprint density at radius 1 is 1.23 bits per heavy atom. The van der Waals surface area contributed by atoms with Gasteiger partial charge in [-0.2, -0.15) is 0 Å². The minimum Gasteiger partial charge on any atom is -0.459 e. The third-order valence-corrected chi connectivity index (χ3v) is 3.93. The van der Waals surface area contributed by atoms with E-state index in [1.807, 2.05) is 0 Å². The van der Waals surface area contributed by atoms with Crippen LogP contribution in [0.5, 0.6) is 0 Å². The van der Waals surface area contributed by atoms with Crippen molar-refractivity contribution in [3.05, 3.63) is 39.9 Å². The van der Waals surface area contributed by atoms with Gasteiger partial charge in [0.1, 0.15) is 18.2 Å². The number of hydrogen-bond donors (Lipinski definition) is 0. The monoisotopic (exact) mass is 364 g/mol. The van der Waals surface area contributed by atoms with Crippen LogP contribution < -0.4 is 0 Å². The van der Waals surface area contributed by atoms with Crippen LogP contribution in [0, 0.1) is 10.1 Å². The second-order valence-electron chi connectivity index (χ2n) is 7.22. The molecule has 1 saturated heterocycles.